The Morgan fingerprint density at radius 3 is 2.49 bits per heavy atom. The molecule has 6 N–H and O–H groups in total. The molecule has 2 aromatic rings. The highest BCUT2D eigenvalue weighted by molar-refractivity contribution is 7.99. The van der Waals surface area contributed by atoms with Gasteiger partial charge in [0.1, 0.15) is 6.10 Å². The van der Waals surface area contributed by atoms with E-state index >= 15 is 0 Å². The Labute approximate surface area is 223 Å². The van der Waals surface area contributed by atoms with E-state index in [2.05, 4.69) is 4.72 Å². The van der Waals surface area contributed by atoms with Gasteiger partial charge in [-0.25, -0.2) is 13.1 Å². The maximum atomic E-state index is 12.7. The van der Waals surface area contributed by atoms with Crippen molar-refractivity contribution in [1.82, 2.24) is 9.62 Å². The lowest BCUT2D eigenvalue weighted by Gasteiger charge is -2.19. The van der Waals surface area contributed by atoms with E-state index in [0.717, 1.165) is 17.9 Å². The number of nitrogens with one attached hydrogen (secondary N) is 1. The van der Waals surface area contributed by atoms with Crippen LogP contribution in [-0.4, -0.2) is 73.0 Å². The minimum atomic E-state index is -3.78. The van der Waals surface area contributed by atoms with Gasteiger partial charge in [0.05, 0.1) is 16.8 Å². The second-order valence-electron chi connectivity index (χ2n) is 9.23. The quantitative estimate of drug-likeness (QED) is 0.255. The van der Waals surface area contributed by atoms with Crippen LogP contribution in [0.1, 0.15) is 30.4 Å². The molecule has 37 heavy (non-hydrogen) atoms. The molecule has 3 rings (SSSR count). The van der Waals surface area contributed by atoms with Crippen molar-refractivity contribution in [3.8, 4) is 0 Å². The topological polar surface area (TPSA) is 156 Å². The number of ketones is 1. The number of Topliss-reactive ketones (excluding diaryl/α,β-unsaturated/α-hetero) is 1. The van der Waals surface area contributed by atoms with Gasteiger partial charge in [0.25, 0.3) is 0 Å². The molecular formula is C26H36N4O5S2. The van der Waals surface area contributed by atoms with Gasteiger partial charge in [-0.2, -0.15) is 0 Å². The van der Waals surface area contributed by atoms with Crippen LogP contribution in [0.4, 0.5) is 0 Å². The number of benzene rings is 2. The summed E-state index contributed by atoms with van der Waals surface area (Å²) in [5.74, 6) is 1.08. The van der Waals surface area contributed by atoms with E-state index < -0.39 is 34.0 Å². The van der Waals surface area contributed by atoms with Gasteiger partial charge in [-0.05, 0) is 42.5 Å². The van der Waals surface area contributed by atoms with Crippen molar-refractivity contribution in [3.05, 3.63) is 65.7 Å². The first-order valence-corrected chi connectivity index (χ1v) is 15.0. The van der Waals surface area contributed by atoms with Crippen LogP contribution in [0.5, 0.6) is 0 Å². The molecule has 0 bridgehead atoms. The molecule has 0 saturated carbocycles. The summed E-state index contributed by atoms with van der Waals surface area (Å²) in [5, 5.41) is 10.4. The average Bonchev–Trinajstić information content (AvgIpc) is 3.43. The molecule has 9 nitrogen and oxygen atoms in total. The zero-order chi connectivity index (χ0) is 26.8. The molecule has 0 spiro atoms. The van der Waals surface area contributed by atoms with E-state index in [0.29, 0.717) is 37.1 Å². The fourth-order valence-electron chi connectivity index (χ4n) is 4.09. The summed E-state index contributed by atoms with van der Waals surface area (Å²) in [6.07, 6.45) is 0.511. The number of amides is 1. The molecule has 11 heteroatoms. The first-order valence-electron chi connectivity index (χ1n) is 12.4. The van der Waals surface area contributed by atoms with Gasteiger partial charge < -0.3 is 21.5 Å². The Balaban J connectivity index is 1.45. The van der Waals surface area contributed by atoms with Gasteiger partial charge in [-0.1, -0.05) is 48.9 Å². The first kappa shape index (κ1) is 29.3. The van der Waals surface area contributed by atoms with Crippen molar-refractivity contribution < 1.29 is 23.1 Å². The lowest BCUT2D eigenvalue weighted by atomic mass is 9.96. The number of thioether (sulfide) groups is 1. The van der Waals surface area contributed by atoms with Crippen molar-refractivity contribution in [2.45, 2.75) is 55.2 Å². The molecule has 3 atom stereocenters. The molecule has 1 fully saturated rings. The number of carbonyl (C=O) groups is 2. The molecule has 1 heterocycles. The van der Waals surface area contributed by atoms with Crippen molar-refractivity contribution in [2.75, 3.05) is 24.7 Å². The van der Waals surface area contributed by atoms with Crippen LogP contribution in [0.25, 0.3) is 0 Å². The zero-order valence-electron chi connectivity index (χ0n) is 20.8. The summed E-state index contributed by atoms with van der Waals surface area (Å²) in [4.78, 5) is 26.7. The van der Waals surface area contributed by atoms with Crippen molar-refractivity contribution in [3.63, 3.8) is 0 Å². The smallest absolute Gasteiger partial charge is 0.240 e. The maximum absolute atomic E-state index is 12.7. The standard InChI is InChI=1S/C26H36N4O5S2/c27-22(26(33)30-13-14-36-18-30)11-4-5-12-29-37(34,35)21-10-6-9-20(15-21)17-24(31)25(32)23(28)16-19-7-2-1-3-8-19/h1-3,6-10,15,22-23,25,29,32H,4-5,11-14,16-18,27-28H2. The fourth-order valence-corrected chi connectivity index (χ4v) is 6.19. The molecule has 1 saturated heterocycles. The second kappa shape index (κ2) is 14.0. The van der Waals surface area contributed by atoms with Gasteiger partial charge in [-0.3, -0.25) is 9.59 Å². The van der Waals surface area contributed by atoms with Crippen molar-refractivity contribution in [1.29, 1.82) is 0 Å². The number of aliphatic hydroxyl groups excluding tert-OH is 1. The molecule has 3 unspecified atom stereocenters. The van der Waals surface area contributed by atoms with E-state index in [1.807, 2.05) is 30.3 Å². The summed E-state index contributed by atoms with van der Waals surface area (Å²) in [5.41, 5.74) is 13.4. The first-order chi connectivity index (χ1) is 17.7. The lowest BCUT2D eigenvalue weighted by Crippen LogP contribution is -2.42. The Kier molecular flexibility index (Phi) is 11.1. The molecule has 1 amide bonds. The second-order valence-corrected chi connectivity index (χ2v) is 12.1. The van der Waals surface area contributed by atoms with E-state index in [9.17, 15) is 23.1 Å². The monoisotopic (exact) mass is 548 g/mol. The van der Waals surface area contributed by atoms with Crippen LogP contribution in [0.2, 0.25) is 0 Å². The van der Waals surface area contributed by atoms with Crippen molar-refractivity contribution >= 4 is 33.5 Å². The molecule has 1 aliphatic rings. The largest absolute Gasteiger partial charge is 0.384 e. The third-order valence-corrected chi connectivity index (χ3v) is 8.68. The minimum absolute atomic E-state index is 0.0410. The number of rotatable bonds is 14. The van der Waals surface area contributed by atoms with E-state index in [1.165, 1.54) is 12.1 Å². The van der Waals surface area contributed by atoms with Gasteiger partial charge in [0, 0.05) is 31.3 Å². The van der Waals surface area contributed by atoms with E-state index in [4.69, 9.17) is 11.5 Å². The number of nitrogens with zero attached hydrogens (tertiary/aromatic N) is 1. The highest BCUT2D eigenvalue weighted by atomic mass is 32.2. The molecule has 2 aromatic carbocycles. The van der Waals surface area contributed by atoms with Crippen LogP contribution in [-0.2, 0) is 32.5 Å². The number of unbranched alkanes of at least 4 members (excludes halogenated alkanes) is 1. The third kappa shape index (κ3) is 8.91. The number of carbonyl (C=O) groups excluding carboxylic acids is 2. The number of nitrogens with two attached hydrogens (primary N) is 2. The molecule has 0 aliphatic carbocycles. The minimum Gasteiger partial charge on any atom is -0.384 e. The van der Waals surface area contributed by atoms with E-state index in [1.54, 1.807) is 28.8 Å². The third-order valence-electron chi connectivity index (χ3n) is 6.25. The summed E-state index contributed by atoms with van der Waals surface area (Å²) in [7, 11) is -3.78. The maximum Gasteiger partial charge on any atom is 0.240 e. The summed E-state index contributed by atoms with van der Waals surface area (Å²) >= 11 is 1.70. The van der Waals surface area contributed by atoms with Crippen LogP contribution in [0.3, 0.4) is 0 Å². The predicted molar refractivity (Wildman–Crippen MR) is 145 cm³/mol. The van der Waals surface area contributed by atoms with Gasteiger partial charge >= 0.3 is 0 Å². The zero-order valence-corrected chi connectivity index (χ0v) is 22.4. The van der Waals surface area contributed by atoms with Crippen LogP contribution in [0, 0.1) is 0 Å². The molecule has 0 radical (unpaired) electrons. The number of sulfonamides is 1. The highest BCUT2D eigenvalue weighted by Crippen LogP contribution is 2.16. The molecule has 202 valence electrons. The van der Waals surface area contributed by atoms with Crippen LogP contribution in [0.15, 0.2) is 59.5 Å². The Morgan fingerprint density at radius 2 is 1.78 bits per heavy atom. The molecule has 1 aliphatic heterocycles. The SMILES string of the molecule is NC(CCCCNS(=O)(=O)c1cccc(CC(=O)C(O)C(N)Cc2ccccc2)c1)C(=O)N1CCSC1. The molecule has 0 aromatic heterocycles. The van der Waals surface area contributed by atoms with Crippen LogP contribution < -0.4 is 16.2 Å². The van der Waals surface area contributed by atoms with E-state index in [-0.39, 0.29) is 23.8 Å². The Bertz CT molecular complexity index is 1140. The van der Waals surface area contributed by atoms with Gasteiger partial charge in [0.15, 0.2) is 5.78 Å². The number of hydrogen-bond acceptors (Lipinski definition) is 8. The van der Waals surface area contributed by atoms with Gasteiger partial charge in [-0.15, -0.1) is 11.8 Å². The van der Waals surface area contributed by atoms with Gasteiger partial charge in [0.2, 0.25) is 15.9 Å². The lowest BCUT2D eigenvalue weighted by molar-refractivity contribution is -0.131. The predicted octanol–water partition coefficient (Wildman–Crippen LogP) is 1.04. The van der Waals surface area contributed by atoms with Crippen molar-refractivity contribution in [2.24, 2.45) is 11.5 Å². The fraction of sp³-hybridized carbons (Fsp3) is 0.462. The number of aliphatic hydroxyl groups is 1. The Hall–Kier alpha value is -2.28. The Morgan fingerprint density at radius 1 is 1.05 bits per heavy atom. The average molecular weight is 549 g/mol. The normalized spacial score (nSPS) is 16.4. The summed E-state index contributed by atoms with van der Waals surface area (Å²) in [6, 6.07) is 14.1. The summed E-state index contributed by atoms with van der Waals surface area (Å²) in [6.45, 7) is 0.931. The highest BCUT2D eigenvalue weighted by Gasteiger charge is 2.25. The number of hydrogen-bond donors (Lipinski definition) is 4. The summed E-state index contributed by atoms with van der Waals surface area (Å²) < 4.78 is 28.0. The molecular weight excluding hydrogens is 512 g/mol. The van der Waals surface area contributed by atoms with Crippen LogP contribution >= 0.6 is 11.8 Å².